The van der Waals surface area contributed by atoms with Gasteiger partial charge in [0.15, 0.2) is 0 Å². The molecule has 0 atom stereocenters. The lowest BCUT2D eigenvalue weighted by Gasteiger charge is -2.03. The van der Waals surface area contributed by atoms with Crippen LogP contribution in [0.5, 0.6) is 0 Å². The Hall–Kier alpha value is -1.08. The Morgan fingerprint density at radius 2 is 2.30 bits per heavy atom. The van der Waals surface area contributed by atoms with E-state index in [1.54, 1.807) is 7.05 Å². The van der Waals surface area contributed by atoms with Gasteiger partial charge in [0, 0.05) is 11.6 Å². The van der Waals surface area contributed by atoms with Crippen molar-refractivity contribution in [1.29, 1.82) is 0 Å². The van der Waals surface area contributed by atoms with E-state index >= 15 is 0 Å². The van der Waals surface area contributed by atoms with Gasteiger partial charge in [0.05, 0.1) is 7.05 Å². The van der Waals surface area contributed by atoms with Gasteiger partial charge < -0.3 is 0 Å². The van der Waals surface area contributed by atoms with E-state index in [0.29, 0.717) is 0 Å². The molecule has 0 unspecified atom stereocenters. The summed E-state index contributed by atoms with van der Waals surface area (Å²) < 4.78 is 0. The maximum Gasteiger partial charge on any atom is 0.0503 e. The third-order valence-corrected chi connectivity index (χ3v) is 1.04. The van der Waals surface area contributed by atoms with Gasteiger partial charge >= 0.3 is 0 Å². The van der Waals surface area contributed by atoms with Crippen LogP contribution in [-0.4, -0.2) is 23.7 Å². The molecule has 3 nitrogen and oxygen atoms in total. The summed E-state index contributed by atoms with van der Waals surface area (Å²) in [4.78, 5) is 0. The Morgan fingerprint density at radius 3 is 2.70 bits per heavy atom. The molecule has 0 fully saturated rings. The third kappa shape index (κ3) is 3.87. The average molecular weight is 139 g/mol. The molecule has 0 amide bonds. The third-order valence-electron chi connectivity index (χ3n) is 1.04. The number of nitrogens with zero attached hydrogens (tertiary/aromatic N) is 3. The average Bonchev–Trinajstić information content (AvgIpc) is 1.88. The van der Waals surface area contributed by atoms with Gasteiger partial charge in [-0.1, -0.05) is 6.92 Å². The van der Waals surface area contributed by atoms with Gasteiger partial charge in [-0.15, -0.1) is 5.10 Å². The Morgan fingerprint density at radius 1 is 1.70 bits per heavy atom. The molecule has 0 saturated carbocycles. The minimum absolute atomic E-state index is 0.941. The van der Waals surface area contributed by atoms with Crippen LogP contribution in [0.15, 0.2) is 16.8 Å². The van der Waals surface area contributed by atoms with Crippen molar-refractivity contribution in [3.8, 4) is 0 Å². The first kappa shape index (κ1) is 8.92. The van der Waals surface area contributed by atoms with Crippen molar-refractivity contribution < 1.29 is 0 Å². The molecule has 0 heterocycles. The first-order chi connectivity index (χ1) is 4.70. The van der Waals surface area contributed by atoms with E-state index < -0.39 is 0 Å². The summed E-state index contributed by atoms with van der Waals surface area (Å²) in [5, 5.41) is 9.21. The Kier molecular flexibility index (Phi) is 4.25. The molecular weight excluding hydrogens is 126 g/mol. The minimum Gasteiger partial charge on any atom is -0.180 e. The maximum atomic E-state index is 4.07. The van der Waals surface area contributed by atoms with Gasteiger partial charge in [0.1, 0.15) is 0 Å². The summed E-state index contributed by atoms with van der Waals surface area (Å²) in [5.41, 5.74) is 1.04. The van der Waals surface area contributed by atoms with Crippen LogP contribution >= 0.6 is 0 Å². The largest absolute Gasteiger partial charge is 0.180 e. The zero-order chi connectivity index (χ0) is 7.98. The predicted octanol–water partition coefficient (Wildman–Crippen LogP) is 1.47. The highest BCUT2D eigenvalue weighted by atomic mass is 15.6. The maximum absolute atomic E-state index is 4.07. The van der Waals surface area contributed by atoms with Crippen LogP contribution in [0.3, 0.4) is 0 Å². The standard InChI is InChI=1S/C7H13N3/c1-5-7(3)9-10(4)8-6-2/h2,5H2,1,3-4H3/b9-7+. The van der Waals surface area contributed by atoms with Crippen LogP contribution < -0.4 is 0 Å². The van der Waals surface area contributed by atoms with Crippen LogP contribution in [-0.2, 0) is 0 Å². The van der Waals surface area contributed by atoms with Crippen molar-refractivity contribution in [2.75, 3.05) is 7.05 Å². The van der Waals surface area contributed by atoms with Crippen molar-refractivity contribution in [3.05, 3.63) is 6.58 Å². The molecule has 0 aliphatic rings. The number of rotatable bonds is 3. The van der Waals surface area contributed by atoms with Gasteiger partial charge in [-0.2, -0.15) is 10.2 Å². The lowest BCUT2D eigenvalue weighted by molar-refractivity contribution is 0.379. The molecule has 3 heteroatoms. The highest BCUT2D eigenvalue weighted by molar-refractivity contribution is 5.81. The topological polar surface area (TPSA) is 28.0 Å². The molecule has 0 bridgehead atoms. The van der Waals surface area contributed by atoms with Crippen molar-refractivity contribution in [3.63, 3.8) is 0 Å². The van der Waals surface area contributed by atoms with E-state index in [0.717, 1.165) is 12.1 Å². The molecule has 0 aliphatic heterocycles. The van der Waals surface area contributed by atoms with Crippen molar-refractivity contribution in [1.82, 2.24) is 5.12 Å². The molecule has 0 spiro atoms. The smallest absolute Gasteiger partial charge is 0.0503 e. The lowest BCUT2D eigenvalue weighted by atomic mass is 10.3. The quantitative estimate of drug-likeness (QED) is 0.430. The van der Waals surface area contributed by atoms with Crippen LogP contribution in [0.4, 0.5) is 0 Å². The lowest BCUT2D eigenvalue weighted by Crippen LogP contribution is -2.04. The van der Waals surface area contributed by atoms with E-state index in [-0.39, 0.29) is 0 Å². The molecule has 0 aromatic heterocycles. The molecule has 0 rings (SSSR count). The fourth-order valence-corrected chi connectivity index (χ4v) is 0.442. The molecule has 0 saturated heterocycles. The van der Waals surface area contributed by atoms with Gasteiger partial charge in [0.2, 0.25) is 0 Å². The second-order valence-corrected chi connectivity index (χ2v) is 1.94. The summed E-state index contributed by atoms with van der Waals surface area (Å²) in [6.45, 7) is 7.33. The molecule has 10 heavy (non-hydrogen) atoms. The monoisotopic (exact) mass is 139 g/mol. The normalized spacial score (nSPS) is 10.5. The van der Waals surface area contributed by atoms with Crippen molar-refractivity contribution in [2.45, 2.75) is 20.3 Å². The van der Waals surface area contributed by atoms with Crippen LogP contribution in [0, 0.1) is 0 Å². The van der Waals surface area contributed by atoms with Crippen LogP contribution in [0.25, 0.3) is 0 Å². The van der Waals surface area contributed by atoms with Gasteiger partial charge in [-0.05, 0) is 19.9 Å². The molecule has 0 aromatic rings. The molecule has 56 valence electrons. The van der Waals surface area contributed by atoms with Crippen LogP contribution in [0.1, 0.15) is 20.3 Å². The molecule has 0 aliphatic carbocycles. The van der Waals surface area contributed by atoms with Gasteiger partial charge in [0.25, 0.3) is 0 Å². The second-order valence-electron chi connectivity index (χ2n) is 1.94. The SMILES string of the molecule is C=C=NN(C)/N=C(\C)CC. The zero-order valence-electron chi connectivity index (χ0n) is 6.76. The number of hydrazone groups is 2. The fraction of sp³-hybridized carbons (Fsp3) is 0.571. The minimum atomic E-state index is 0.941. The van der Waals surface area contributed by atoms with E-state index in [1.165, 1.54) is 5.12 Å². The van der Waals surface area contributed by atoms with E-state index in [4.69, 9.17) is 0 Å². The Labute approximate surface area is 61.7 Å². The Balaban J connectivity index is 3.98. The molecule has 0 radical (unpaired) electrons. The highest BCUT2D eigenvalue weighted by Gasteiger charge is 1.87. The van der Waals surface area contributed by atoms with Crippen molar-refractivity contribution >= 4 is 11.6 Å². The van der Waals surface area contributed by atoms with E-state index in [9.17, 15) is 0 Å². The highest BCUT2D eigenvalue weighted by Crippen LogP contribution is 1.88. The summed E-state index contributed by atoms with van der Waals surface area (Å²) in [6.07, 6.45) is 0.941. The van der Waals surface area contributed by atoms with E-state index in [2.05, 4.69) is 22.7 Å². The summed E-state index contributed by atoms with van der Waals surface area (Å²) in [7, 11) is 1.75. The molecule has 0 aromatic carbocycles. The first-order valence-corrected chi connectivity index (χ1v) is 3.21. The number of hydrogen-bond donors (Lipinski definition) is 0. The van der Waals surface area contributed by atoms with Gasteiger partial charge in [-0.3, -0.25) is 0 Å². The molecular formula is C7H13N3. The second kappa shape index (κ2) is 4.77. The Bertz CT molecular complexity index is 166. The van der Waals surface area contributed by atoms with Crippen molar-refractivity contribution in [2.24, 2.45) is 10.2 Å². The van der Waals surface area contributed by atoms with Gasteiger partial charge in [-0.25, -0.2) is 0 Å². The summed E-state index contributed by atoms with van der Waals surface area (Å²) >= 11 is 0. The van der Waals surface area contributed by atoms with Crippen LogP contribution in [0.2, 0.25) is 0 Å². The number of hydrogen-bond acceptors (Lipinski definition) is 3. The molecule has 0 N–H and O–H groups in total. The summed E-state index contributed by atoms with van der Waals surface area (Å²) in [6, 6.07) is 0. The fourth-order valence-electron chi connectivity index (χ4n) is 0.442. The zero-order valence-corrected chi connectivity index (χ0v) is 6.76. The van der Waals surface area contributed by atoms with E-state index in [1.807, 2.05) is 13.8 Å². The summed E-state index contributed by atoms with van der Waals surface area (Å²) in [5.74, 6) is 2.39. The first-order valence-electron chi connectivity index (χ1n) is 3.21. The predicted molar refractivity (Wildman–Crippen MR) is 44.2 cm³/mol.